The monoisotopic (exact) mass is 356 g/mol. The van der Waals surface area contributed by atoms with Gasteiger partial charge in [0.05, 0.1) is 17.9 Å². The van der Waals surface area contributed by atoms with Gasteiger partial charge in [0, 0.05) is 31.7 Å². The van der Waals surface area contributed by atoms with Crippen LogP contribution in [0.5, 0.6) is 0 Å². The Kier molecular flexibility index (Phi) is 7.67. The lowest BCUT2D eigenvalue weighted by Gasteiger charge is -2.12. The van der Waals surface area contributed by atoms with Gasteiger partial charge in [0.2, 0.25) is 5.91 Å². The van der Waals surface area contributed by atoms with Crippen molar-refractivity contribution in [3.63, 3.8) is 0 Å². The molecule has 0 aliphatic heterocycles. The number of amides is 1. The lowest BCUT2D eigenvalue weighted by molar-refractivity contribution is -0.123. The van der Waals surface area contributed by atoms with Gasteiger partial charge in [-0.1, -0.05) is 32.0 Å². The first-order chi connectivity index (χ1) is 12.6. The van der Waals surface area contributed by atoms with E-state index in [2.05, 4.69) is 26.0 Å². The molecule has 0 aliphatic carbocycles. The normalized spacial score (nSPS) is 11.5. The largest absolute Gasteiger partial charge is 0.357 e. The highest BCUT2D eigenvalue weighted by atomic mass is 16.1. The molecule has 2 aromatic rings. The minimum Gasteiger partial charge on any atom is -0.357 e. The summed E-state index contributed by atoms with van der Waals surface area (Å²) in [7, 11) is 0. The number of benzene rings is 1. The van der Waals surface area contributed by atoms with E-state index in [-0.39, 0.29) is 11.8 Å². The Morgan fingerprint density at radius 3 is 2.54 bits per heavy atom. The van der Waals surface area contributed by atoms with Crippen molar-refractivity contribution in [1.29, 1.82) is 0 Å². The highest BCUT2D eigenvalue weighted by Gasteiger charge is 2.05. The van der Waals surface area contributed by atoms with Gasteiger partial charge < -0.3 is 16.0 Å². The summed E-state index contributed by atoms with van der Waals surface area (Å²) in [6.45, 7) is 8.19. The highest BCUT2D eigenvalue weighted by Crippen LogP contribution is 2.07. The maximum atomic E-state index is 11.5. The zero-order valence-corrected chi connectivity index (χ0v) is 15.7. The summed E-state index contributed by atoms with van der Waals surface area (Å²) >= 11 is 0. The molecule has 0 aliphatic rings. The first-order valence-electron chi connectivity index (χ1n) is 9.00. The van der Waals surface area contributed by atoms with Crippen molar-refractivity contribution in [3.8, 4) is 5.69 Å². The van der Waals surface area contributed by atoms with Crippen LogP contribution in [0, 0.1) is 5.92 Å². The van der Waals surface area contributed by atoms with E-state index in [1.807, 2.05) is 68.0 Å². The van der Waals surface area contributed by atoms with Crippen molar-refractivity contribution < 1.29 is 4.79 Å². The van der Waals surface area contributed by atoms with E-state index in [0.717, 1.165) is 17.9 Å². The van der Waals surface area contributed by atoms with E-state index in [9.17, 15) is 4.79 Å². The van der Waals surface area contributed by atoms with Crippen LogP contribution in [0.4, 0.5) is 0 Å². The van der Waals surface area contributed by atoms with Gasteiger partial charge >= 0.3 is 0 Å². The molecule has 0 atom stereocenters. The van der Waals surface area contributed by atoms with Crippen molar-refractivity contribution in [2.24, 2.45) is 10.9 Å². The Hall–Kier alpha value is -2.83. The molecule has 0 fully saturated rings. The summed E-state index contributed by atoms with van der Waals surface area (Å²) in [5.74, 6) is 0.761. The summed E-state index contributed by atoms with van der Waals surface area (Å²) in [6.07, 6.45) is 1.93. The van der Waals surface area contributed by atoms with Crippen LogP contribution >= 0.6 is 0 Å². The molecular weight excluding hydrogens is 328 g/mol. The second-order valence-corrected chi connectivity index (χ2v) is 6.15. The third kappa shape index (κ3) is 6.23. The molecule has 1 aromatic carbocycles. The van der Waals surface area contributed by atoms with Crippen molar-refractivity contribution in [3.05, 3.63) is 48.3 Å². The molecule has 0 bridgehead atoms. The Labute approximate surface area is 154 Å². The van der Waals surface area contributed by atoms with Crippen LogP contribution in [0.15, 0.2) is 47.6 Å². The van der Waals surface area contributed by atoms with Crippen LogP contribution in [-0.2, 0) is 11.3 Å². The average Bonchev–Trinajstić information content (AvgIpc) is 3.12. The van der Waals surface area contributed by atoms with E-state index in [4.69, 9.17) is 0 Å². The number of para-hydroxylation sites is 1. The van der Waals surface area contributed by atoms with Gasteiger partial charge in [0.1, 0.15) is 0 Å². The van der Waals surface area contributed by atoms with E-state index >= 15 is 0 Å². The van der Waals surface area contributed by atoms with Gasteiger partial charge in [-0.3, -0.25) is 4.79 Å². The molecule has 0 saturated heterocycles. The number of aromatic nitrogens is 2. The number of rotatable bonds is 8. The van der Waals surface area contributed by atoms with Crippen molar-refractivity contribution in [2.75, 3.05) is 19.6 Å². The first-order valence-corrected chi connectivity index (χ1v) is 9.00. The minimum atomic E-state index is -0.00312. The zero-order valence-electron chi connectivity index (χ0n) is 15.7. The SMILES string of the molecule is CCNC(=NCc1ccn(-c2ccccc2)n1)NCCNC(=O)C(C)C. The zero-order chi connectivity index (χ0) is 18.8. The number of hydrogen-bond acceptors (Lipinski definition) is 3. The van der Waals surface area contributed by atoms with E-state index in [1.165, 1.54) is 0 Å². The number of carbonyl (C=O) groups is 1. The molecule has 7 heteroatoms. The molecule has 26 heavy (non-hydrogen) atoms. The summed E-state index contributed by atoms with van der Waals surface area (Å²) in [6, 6.07) is 11.9. The van der Waals surface area contributed by atoms with Crippen molar-refractivity contribution in [2.45, 2.75) is 27.3 Å². The van der Waals surface area contributed by atoms with Crippen LogP contribution < -0.4 is 16.0 Å². The van der Waals surface area contributed by atoms with Crippen LogP contribution in [0.1, 0.15) is 26.5 Å². The molecule has 0 spiro atoms. The van der Waals surface area contributed by atoms with Crippen molar-refractivity contribution >= 4 is 11.9 Å². The topological polar surface area (TPSA) is 83.3 Å². The third-order valence-electron chi connectivity index (χ3n) is 3.65. The number of hydrogen-bond donors (Lipinski definition) is 3. The quantitative estimate of drug-likeness (QED) is 0.382. The predicted molar refractivity (Wildman–Crippen MR) is 104 cm³/mol. The molecule has 0 unspecified atom stereocenters. The van der Waals surface area contributed by atoms with Gasteiger partial charge in [-0.25, -0.2) is 9.67 Å². The number of nitrogens with zero attached hydrogens (tertiary/aromatic N) is 3. The Morgan fingerprint density at radius 1 is 1.12 bits per heavy atom. The van der Waals surface area contributed by atoms with Gasteiger partial charge in [-0.15, -0.1) is 0 Å². The standard InChI is InChI=1S/C19H28N6O/c1-4-20-19(22-12-11-21-18(26)15(2)3)23-14-16-10-13-25(24-16)17-8-6-5-7-9-17/h5-10,13,15H,4,11-12,14H2,1-3H3,(H,21,26)(H2,20,22,23). The van der Waals surface area contributed by atoms with Gasteiger partial charge in [-0.2, -0.15) is 5.10 Å². The Balaban J connectivity index is 1.86. The lowest BCUT2D eigenvalue weighted by atomic mass is 10.2. The van der Waals surface area contributed by atoms with E-state index in [1.54, 1.807) is 0 Å². The molecule has 3 N–H and O–H groups in total. The highest BCUT2D eigenvalue weighted by molar-refractivity contribution is 5.80. The Morgan fingerprint density at radius 2 is 1.85 bits per heavy atom. The molecule has 140 valence electrons. The van der Waals surface area contributed by atoms with Crippen LogP contribution in [0.2, 0.25) is 0 Å². The van der Waals surface area contributed by atoms with E-state index < -0.39 is 0 Å². The summed E-state index contributed by atoms with van der Waals surface area (Å²) in [5, 5.41) is 13.8. The molecule has 7 nitrogen and oxygen atoms in total. The molecule has 0 saturated carbocycles. The second kappa shape index (κ2) is 10.2. The summed E-state index contributed by atoms with van der Waals surface area (Å²) in [4.78, 5) is 16.1. The predicted octanol–water partition coefficient (Wildman–Crippen LogP) is 1.70. The van der Waals surface area contributed by atoms with Crippen LogP contribution in [0.3, 0.4) is 0 Å². The number of carbonyl (C=O) groups excluding carboxylic acids is 1. The van der Waals surface area contributed by atoms with Crippen molar-refractivity contribution in [1.82, 2.24) is 25.7 Å². The van der Waals surface area contributed by atoms with Crippen LogP contribution in [-0.4, -0.2) is 41.3 Å². The average molecular weight is 356 g/mol. The lowest BCUT2D eigenvalue weighted by Crippen LogP contribution is -2.42. The van der Waals surface area contributed by atoms with Gasteiger partial charge in [0.15, 0.2) is 5.96 Å². The first kappa shape index (κ1) is 19.5. The minimum absolute atomic E-state index is 0.00312. The fraction of sp³-hybridized carbons (Fsp3) is 0.421. The molecule has 1 aromatic heterocycles. The Bertz CT molecular complexity index is 708. The van der Waals surface area contributed by atoms with Gasteiger partial charge in [0.25, 0.3) is 0 Å². The molecular formula is C19H28N6O. The smallest absolute Gasteiger partial charge is 0.222 e. The molecule has 0 radical (unpaired) electrons. The summed E-state index contributed by atoms with van der Waals surface area (Å²) < 4.78 is 1.84. The molecule has 1 amide bonds. The van der Waals surface area contributed by atoms with E-state index in [0.29, 0.717) is 25.6 Å². The van der Waals surface area contributed by atoms with Crippen LogP contribution in [0.25, 0.3) is 5.69 Å². The summed E-state index contributed by atoms with van der Waals surface area (Å²) in [5.41, 5.74) is 1.91. The maximum Gasteiger partial charge on any atom is 0.222 e. The number of aliphatic imine (C=N–C) groups is 1. The second-order valence-electron chi connectivity index (χ2n) is 6.15. The number of nitrogens with one attached hydrogen (secondary N) is 3. The molecule has 1 heterocycles. The number of guanidine groups is 1. The fourth-order valence-electron chi connectivity index (χ4n) is 2.24. The molecule has 2 rings (SSSR count). The van der Waals surface area contributed by atoms with Gasteiger partial charge in [-0.05, 0) is 25.1 Å². The maximum absolute atomic E-state index is 11.5. The fourth-order valence-corrected chi connectivity index (χ4v) is 2.24. The third-order valence-corrected chi connectivity index (χ3v) is 3.65.